The Kier molecular flexibility index (Phi) is 7.00. The Morgan fingerprint density at radius 3 is 2.27 bits per heavy atom. The molecule has 0 unspecified atom stereocenters. The summed E-state index contributed by atoms with van der Waals surface area (Å²) in [6.45, 7) is 1.61. The SMILES string of the molecule is CC(=O)Nc1ccc(S(=O)(=O)NCCCCCC(=O)[O-])cc1. The molecule has 1 amide bonds. The van der Waals surface area contributed by atoms with Gasteiger partial charge in [0.25, 0.3) is 0 Å². The molecule has 22 heavy (non-hydrogen) atoms. The average molecular weight is 327 g/mol. The van der Waals surface area contributed by atoms with Crippen LogP contribution in [0.4, 0.5) is 5.69 Å². The molecule has 0 aliphatic rings. The standard InChI is InChI=1S/C14H20N2O5S/c1-11(17)16-12-6-8-13(9-7-12)22(20,21)15-10-4-2-3-5-14(18)19/h6-9,15H,2-5,10H2,1H3,(H,16,17)(H,18,19)/p-1. The minimum absolute atomic E-state index is 0.0165. The Balaban J connectivity index is 2.45. The van der Waals surface area contributed by atoms with Crippen molar-refractivity contribution in [1.82, 2.24) is 4.72 Å². The number of carbonyl (C=O) groups is 2. The molecule has 0 fully saturated rings. The number of carbonyl (C=O) groups excluding carboxylic acids is 2. The molecule has 0 saturated carbocycles. The lowest BCUT2D eigenvalue weighted by Crippen LogP contribution is -2.25. The van der Waals surface area contributed by atoms with E-state index in [4.69, 9.17) is 0 Å². The maximum atomic E-state index is 12.0. The number of hydrogen-bond donors (Lipinski definition) is 2. The monoisotopic (exact) mass is 327 g/mol. The molecule has 8 heteroatoms. The summed E-state index contributed by atoms with van der Waals surface area (Å²) in [5.74, 6) is -1.33. The topological polar surface area (TPSA) is 115 Å². The third-order valence-corrected chi connectivity index (χ3v) is 4.31. The van der Waals surface area contributed by atoms with Gasteiger partial charge in [-0.25, -0.2) is 13.1 Å². The van der Waals surface area contributed by atoms with E-state index in [1.54, 1.807) is 0 Å². The second-order valence-corrected chi connectivity index (χ2v) is 6.55. The second kappa shape index (κ2) is 8.50. The van der Waals surface area contributed by atoms with Gasteiger partial charge >= 0.3 is 0 Å². The van der Waals surface area contributed by atoms with Crippen LogP contribution < -0.4 is 15.1 Å². The molecule has 0 aliphatic heterocycles. The van der Waals surface area contributed by atoms with Crippen LogP contribution in [0.5, 0.6) is 0 Å². The largest absolute Gasteiger partial charge is 0.550 e. The molecular formula is C14H19N2O5S-. The summed E-state index contributed by atoms with van der Waals surface area (Å²) >= 11 is 0. The van der Waals surface area contributed by atoms with Gasteiger partial charge in [-0.05, 0) is 43.5 Å². The summed E-state index contributed by atoms with van der Waals surface area (Å²) in [6.07, 6.45) is 1.61. The van der Waals surface area contributed by atoms with Crippen molar-refractivity contribution in [1.29, 1.82) is 0 Å². The molecule has 0 bridgehead atoms. The van der Waals surface area contributed by atoms with Crippen LogP contribution in [0.2, 0.25) is 0 Å². The summed E-state index contributed by atoms with van der Waals surface area (Å²) in [5, 5.41) is 12.8. The molecule has 0 aliphatic carbocycles. The number of carboxylic acid groups (broad SMARTS) is 1. The summed E-state index contributed by atoms with van der Waals surface area (Å²) in [7, 11) is -3.60. The van der Waals surface area contributed by atoms with Gasteiger partial charge in [-0.1, -0.05) is 6.42 Å². The number of benzene rings is 1. The zero-order valence-corrected chi connectivity index (χ0v) is 13.1. The van der Waals surface area contributed by atoms with Crippen LogP contribution in [-0.4, -0.2) is 26.8 Å². The van der Waals surface area contributed by atoms with E-state index in [1.165, 1.54) is 31.2 Å². The lowest BCUT2D eigenvalue weighted by Gasteiger charge is -2.08. The Morgan fingerprint density at radius 2 is 1.73 bits per heavy atom. The van der Waals surface area contributed by atoms with Gasteiger partial charge in [-0.2, -0.15) is 0 Å². The first kappa shape index (κ1) is 18.1. The maximum absolute atomic E-state index is 12.0. The number of nitrogens with one attached hydrogen (secondary N) is 2. The molecule has 0 radical (unpaired) electrons. The Hall–Kier alpha value is -1.93. The Bertz CT molecular complexity index is 611. The zero-order valence-electron chi connectivity index (χ0n) is 12.3. The molecule has 2 N–H and O–H groups in total. The van der Waals surface area contributed by atoms with Crippen molar-refractivity contribution in [3.63, 3.8) is 0 Å². The predicted octanol–water partition coefficient (Wildman–Crippen LogP) is 0.234. The summed E-state index contributed by atoms with van der Waals surface area (Å²) < 4.78 is 26.5. The van der Waals surface area contributed by atoms with E-state index in [-0.39, 0.29) is 23.8 Å². The number of carboxylic acids is 1. The van der Waals surface area contributed by atoms with E-state index in [0.717, 1.165) is 0 Å². The Labute approximate surface area is 129 Å². The van der Waals surface area contributed by atoms with Gasteiger partial charge in [0, 0.05) is 25.1 Å². The van der Waals surface area contributed by atoms with E-state index in [0.29, 0.717) is 24.9 Å². The van der Waals surface area contributed by atoms with Crippen LogP contribution in [0.15, 0.2) is 29.2 Å². The highest BCUT2D eigenvalue weighted by molar-refractivity contribution is 7.89. The molecule has 0 saturated heterocycles. The number of sulfonamides is 1. The highest BCUT2D eigenvalue weighted by Gasteiger charge is 2.12. The molecule has 7 nitrogen and oxygen atoms in total. The van der Waals surface area contributed by atoms with Crippen molar-refractivity contribution in [2.45, 2.75) is 37.5 Å². The first-order valence-corrected chi connectivity index (χ1v) is 8.37. The van der Waals surface area contributed by atoms with Gasteiger partial charge in [0.15, 0.2) is 0 Å². The molecular weight excluding hydrogens is 308 g/mol. The van der Waals surface area contributed by atoms with Crippen LogP contribution in [-0.2, 0) is 19.6 Å². The maximum Gasteiger partial charge on any atom is 0.240 e. The Morgan fingerprint density at radius 1 is 1.09 bits per heavy atom. The summed E-state index contributed by atoms with van der Waals surface area (Å²) in [6, 6.07) is 5.83. The number of hydrogen-bond acceptors (Lipinski definition) is 5. The van der Waals surface area contributed by atoms with Crippen molar-refractivity contribution in [2.24, 2.45) is 0 Å². The van der Waals surface area contributed by atoms with Crippen LogP contribution in [0, 0.1) is 0 Å². The van der Waals surface area contributed by atoms with Gasteiger partial charge < -0.3 is 15.2 Å². The second-order valence-electron chi connectivity index (χ2n) is 4.79. The molecule has 0 aromatic heterocycles. The van der Waals surface area contributed by atoms with Gasteiger partial charge in [-0.15, -0.1) is 0 Å². The fraction of sp³-hybridized carbons (Fsp3) is 0.429. The number of amides is 1. The van der Waals surface area contributed by atoms with E-state index in [9.17, 15) is 23.1 Å². The summed E-state index contributed by atoms with van der Waals surface area (Å²) in [5.41, 5.74) is 0.522. The van der Waals surface area contributed by atoms with Crippen molar-refractivity contribution in [2.75, 3.05) is 11.9 Å². The first-order chi connectivity index (χ1) is 10.3. The van der Waals surface area contributed by atoms with Crippen LogP contribution >= 0.6 is 0 Å². The molecule has 0 heterocycles. The predicted molar refractivity (Wildman–Crippen MR) is 79.4 cm³/mol. The fourth-order valence-corrected chi connectivity index (χ4v) is 2.86. The van der Waals surface area contributed by atoms with Crippen molar-refractivity contribution in [3.8, 4) is 0 Å². The number of rotatable bonds is 9. The third-order valence-electron chi connectivity index (χ3n) is 2.83. The van der Waals surface area contributed by atoms with E-state index < -0.39 is 16.0 Å². The smallest absolute Gasteiger partial charge is 0.240 e. The minimum Gasteiger partial charge on any atom is -0.550 e. The third kappa shape index (κ3) is 6.68. The van der Waals surface area contributed by atoms with E-state index in [2.05, 4.69) is 10.0 Å². The lowest BCUT2D eigenvalue weighted by atomic mass is 10.2. The molecule has 1 aromatic rings. The minimum atomic E-state index is -3.60. The molecule has 0 atom stereocenters. The van der Waals surface area contributed by atoms with Crippen LogP contribution in [0.25, 0.3) is 0 Å². The van der Waals surface area contributed by atoms with Gasteiger partial charge in [-0.3, -0.25) is 4.79 Å². The van der Waals surface area contributed by atoms with Crippen molar-refractivity contribution >= 4 is 27.6 Å². The number of unbranched alkanes of at least 4 members (excludes halogenated alkanes) is 2. The van der Waals surface area contributed by atoms with Crippen LogP contribution in [0.1, 0.15) is 32.6 Å². The highest BCUT2D eigenvalue weighted by Crippen LogP contribution is 2.14. The molecule has 1 aromatic carbocycles. The van der Waals surface area contributed by atoms with E-state index in [1.807, 2.05) is 0 Å². The fourth-order valence-electron chi connectivity index (χ4n) is 1.78. The lowest BCUT2D eigenvalue weighted by molar-refractivity contribution is -0.305. The van der Waals surface area contributed by atoms with Crippen molar-refractivity contribution in [3.05, 3.63) is 24.3 Å². The van der Waals surface area contributed by atoms with Crippen LogP contribution in [0.3, 0.4) is 0 Å². The van der Waals surface area contributed by atoms with Gasteiger partial charge in [0.2, 0.25) is 15.9 Å². The molecule has 122 valence electrons. The van der Waals surface area contributed by atoms with Gasteiger partial charge in [0.1, 0.15) is 0 Å². The van der Waals surface area contributed by atoms with Gasteiger partial charge in [0.05, 0.1) is 4.90 Å². The number of aliphatic carboxylic acids is 1. The van der Waals surface area contributed by atoms with Crippen molar-refractivity contribution < 1.29 is 23.1 Å². The normalized spacial score (nSPS) is 11.1. The number of anilines is 1. The average Bonchev–Trinajstić information content (AvgIpc) is 2.42. The molecule has 1 rings (SSSR count). The zero-order chi connectivity index (χ0) is 16.6. The van der Waals surface area contributed by atoms with E-state index >= 15 is 0 Å². The summed E-state index contributed by atoms with van der Waals surface area (Å²) in [4.78, 5) is 21.2. The quantitative estimate of drug-likeness (QED) is 0.630. The molecule has 0 spiro atoms. The highest BCUT2D eigenvalue weighted by atomic mass is 32.2. The first-order valence-electron chi connectivity index (χ1n) is 6.88.